The lowest BCUT2D eigenvalue weighted by Gasteiger charge is -2.02. The monoisotopic (exact) mass is 232 g/mol. The molecule has 2 rings (SSSR count). The second kappa shape index (κ2) is 5.23. The lowest BCUT2D eigenvalue weighted by atomic mass is 10.1. The minimum atomic E-state index is 0.362. The van der Waals surface area contributed by atoms with Crippen molar-refractivity contribution >= 4 is 11.3 Å². The molecule has 0 aliphatic carbocycles. The van der Waals surface area contributed by atoms with E-state index in [4.69, 9.17) is 5.73 Å². The van der Waals surface area contributed by atoms with Crippen LogP contribution in [0.25, 0.3) is 0 Å². The molecule has 0 aliphatic rings. The molecule has 0 radical (unpaired) electrons. The molecule has 2 aromatic rings. The van der Waals surface area contributed by atoms with Gasteiger partial charge < -0.3 is 5.73 Å². The van der Waals surface area contributed by atoms with Crippen LogP contribution in [0.1, 0.15) is 29.1 Å². The van der Waals surface area contributed by atoms with Crippen molar-refractivity contribution in [3.63, 3.8) is 0 Å². The van der Waals surface area contributed by atoms with E-state index in [-0.39, 0.29) is 0 Å². The first-order valence-electron chi connectivity index (χ1n) is 5.48. The van der Waals surface area contributed by atoms with Gasteiger partial charge in [-0.15, -0.1) is 11.3 Å². The highest BCUT2D eigenvalue weighted by molar-refractivity contribution is 7.09. The summed E-state index contributed by atoms with van der Waals surface area (Å²) >= 11 is 1.72. The highest BCUT2D eigenvalue weighted by atomic mass is 32.1. The van der Waals surface area contributed by atoms with Gasteiger partial charge in [0.25, 0.3) is 0 Å². The Balaban J connectivity index is 2.09. The normalized spacial score (nSPS) is 12.6. The third kappa shape index (κ3) is 2.68. The van der Waals surface area contributed by atoms with Crippen LogP contribution in [0.4, 0.5) is 0 Å². The Kier molecular flexibility index (Phi) is 3.70. The molecule has 1 aromatic carbocycles. The Morgan fingerprint density at radius 1 is 1.31 bits per heavy atom. The van der Waals surface area contributed by atoms with Crippen LogP contribution >= 0.6 is 11.3 Å². The first-order chi connectivity index (χ1) is 7.79. The van der Waals surface area contributed by atoms with Gasteiger partial charge in [0.15, 0.2) is 0 Å². The molecular formula is C13H16N2S. The molecule has 16 heavy (non-hydrogen) atoms. The second-order valence-electron chi connectivity index (χ2n) is 3.97. The molecule has 2 nitrogen and oxygen atoms in total. The van der Waals surface area contributed by atoms with Gasteiger partial charge >= 0.3 is 0 Å². The second-order valence-corrected chi connectivity index (χ2v) is 4.91. The van der Waals surface area contributed by atoms with Crippen molar-refractivity contribution in [2.24, 2.45) is 5.73 Å². The van der Waals surface area contributed by atoms with Gasteiger partial charge in [-0.25, -0.2) is 4.98 Å². The van der Waals surface area contributed by atoms with E-state index in [1.54, 1.807) is 11.3 Å². The zero-order valence-electron chi connectivity index (χ0n) is 9.39. The van der Waals surface area contributed by atoms with Crippen molar-refractivity contribution < 1.29 is 0 Å². The predicted molar refractivity (Wildman–Crippen MR) is 68.8 cm³/mol. The van der Waals surface area contributed by atoms with Gasteiger partial charge in [-0.3, -0.25) is 0 Å². The number of aromatic nitrogens is 1. The molecule has 0 bridgehead atoms. The Hall–Kier alpha value is -1.19. The largest absolute Gasteiger partial charge is 0.330 e. The fourth-order valence-corrected chi connectivity index (χ4v) is 2.47. The van der Waals surface area contributed by atoms with E-state index in [9.17, 15) is 0 Å². The molecule has 1 aromatic heterocycles. The average molecular weight is 232 g/mol. The van der Waals surface area contributed by atoms with Crippen LogP contribution in [0.3, 0.4) is 0 Å². The van der Waals surface area contributed by atoms with E-state index in [1.165, 1.54) is 10.6 Å². The Labute approximate surface area is 100 Å². The Morgan fingerprint density at radius 2 is 2.06 bits per heavy atom. The number of benzene rings is 1. The molecule has 0 fully saturated rings. The van der Waals surface area contributed by atoms with E-state index < -0.39 is 0 Å². The van der Waals surface area contributed by atoms with Crippen LogP contribution in [0, 0.1) is 0 Å². The number of thiazole rings is 1. The fraction of sp³-hybridized carbons (Fsp3) is 0.308. The third-order valence-corrected chi connectivity index (χ3v) is 3.49. The molecular weight excluding hydrogens is 216 g/mol. The van der Waals surface area contributed by atoms with Crippen molar-refractivity contribution in [1.29, 1.82) is 0 Å². The van der Waals surface area contributed by atoms with Gasteiger partial charge in [-0.05, 0) is 5.56 Å². The minimum Gasteiger partial charge on any atom is -0.330 e. The van der Waals surface area contributed by atoms with E-state index in [0.29, 0.717) is 12.5 Å². The first kappa shape index (κ1) is 11.3. The highest BCUT2D eigenvalue weighted by Crippen LogP contribution is 2.19. The summed E-state index contributed by atoms with van der Waals surface area (Å²) < 4.78 is 0. The summed E-state index contributed by atoms with van der Waals surface area (Å²) in [6, 6.07) is 10.4. The summed E-state index contributed by atoms with van der Waals surface area (Å²) in [7, 11) is 0. The van der Waals surface area contributed by atoms with E-state index in [2.05, 4.69) is 41.6 Å². The molecule has 0 spiro atoms. The minimum absolute atomic E-state index is 0.362. The standard InChI is InChI=1S/C13H16N2S/c1-10(8-14)12-9-16-13(15-12)7-11-5-3-2-4-6-11/h2-6,9-10H,7-8,14H2,1H3. The summed E-state index contributed by atoms with van der Waals surface area (Å²) in [5, 5.41) is 3.29. The van der Waals surface area contributed by atoms with Crippen molar-refractivity contribution in [1.82, 2.24) is 4.98 Å². The number of hydrogen-bond acceptors (Lipinski definition) is 3. The van der Waals surface area contributed by atoms with Gasteiger partial charge in [-0.1, -0.05) is 37.3 Å². The number of rotatable bonds is 4. The molecule has 0 saturated carbocycles. The Morgan fingerprint density at radius 3 is 2.75 bits per heavy atom. The maximum atomic E-state index is 5.63. The van der Waals surface area contributed by atoms with Crippen molar-refractivity contribution in [2.75, 3.05) is 6.54 Å². The molecule has 0 aliphatic heterocycles. The summed E-state index contributed by atoms with van der Waals surface area (Å²) in [4.78, 5) is 4.61. The summed E-state index contributed by atoms with van der Waals surface area (Å²) in [5.41, 5.74) is 8.06. The van der Waals surface area contributed by atoms with Gasteiger partial charge in [0.05, 0.1) is 10.7 Å². The van der Waals surface area contributed by atoms with Crippen LogP contribution in [0.15, 0.2) is 35.7 Å². The van der Waals surface area contributed by atoms with Crippen molar-refractivity contribution in [3.8, 4) is 0 Å². The lowest BCUT2D eigenvalue weighted by molar-refractivity contribution is 0.748. The van der Waals surface area contributed by atoms with E-state index in [1.807, 2.05) is 6.07 Å². The zero-order valence-corrected chi connectivity index (χ0v) is 10.2. The van der Waals surface area contributed by atoms with Crippen LogP contribution < -0.4 is 5.73 Å². The molecule has 1 unspecified atom stereocenters. The quantitative estimate of drug-likeness (QED) is 0.880. The molecule has 0 amide bonds. The average Bonchev–Trinajstić information content (AvgIpc) is 2.78. The van der Waals surface area contributed by atoms with Gasteiger partial charge in [0.2, 0.25) is 0 Å². The van der Waals surface area contributed by atoms with Crippen molar-refractivity contribution in [2.45, 2.75) is 19.3 Å². The zero-order chi connectivity index (χ0) is 11.4. The maximum Gasteiger partial charge on any atom is 0.0972 e. The van der Waals surface area contributed by atoms with Crippen LogP contribution in [-0.2, 0) is 6.42 Å². The van der Waals surface area contributed by atoms with Crippen molar-refractivity contribution in [3.05, 3.63) is 52.0 Å². The van der Waals surface area contributed by atoms with Gasteiger partial charge in [-0.2, -0.15) is 0 Å². The van der Waals surface area contributed by atoms with Crippen LogP contribution in [0.5, 0.6) is 0 Å². The Bertz CT molecular complexity index is 436. The molecule has 1 heterocycles. The van der Waals surface area contributed by atoms with Gasteiger partial charge in [0.1, 0.15) is 0 Å². The smallest absolute Gasteiger partial charge is 0.0972 e. The molecule has 1 atom stereocenters. The van der Waals surface area contributed by atoms with E-state index >= 15 is 0 Å². The number of nitrogens with zero attached hydrogens (tertiary/aromatic N) is 1. The van der Waals surface area contributed by atoms with Gasteiger partial charge in [0, 0.05) is 24.3 Å². The summed E-state index contributed by atoms with van der Waals surface area (Å²) in [6.45, 7) is 2.77. The first-order valence-corrected chi connectivity index (χ1v) is 6.36. The maximum absolute atomic E-state index is 5.63. The number of nitrogens with two attached hydrogens (primary N) is 1. The molecule has 3 heteroatoms. The molecule has 2 N–H and O–H groups in total. The number of hydrogen-bond donors (Lipinski definition) is 1. The molecule has 84 valence electrons. The summed E-state index contributed by atoms with van der Waals surface area (Å²) in [5.74, 6) is 0.362. The highest BCUT2D eigenvalue weighted by Gasteiger charge is 2.08. The van der Waals surface area contributed by atoms with Crippen LogP contribution in [-0.4, -0.2) is 11.5 Å². The fourth-order valence-electron chi connectivity index (χ4n) is 1.52. The SMILES string of the molecule is CC(CN)c1csc(Cc2ccccc2)n1. The summed E-state index contributed by atoms with van der Waals surface area (Å²) in [6.07, 6.45) is 0.919. The van der Waals surface area contributed by atoms with Crippen LogP contribution in [0.2, 0.25) is 0 Å². The van der Waals surface area contributed by atoms with E-state index in [0.717, 1.165) is 12.1 Å². The topological polar surface area (TPSA) is 38.9 Å². The third-order valence-electron chi connectivity index (χ3n) is 2.63. The molecule has 0 saturated heterocycles. The lowest BCUT2D eigenvalue weighted by Crippen LogP contribution is -2.09. The predicted octanol–water partition coefficient (Wildman–Crippen LogP) is 2.80.